The number of hydroxylamine groups is 3. The molecule has 33 heavy (non-hydrogen) atoms. The Morgan fingerprint density at radius 3 is 1.73 bits per heavy atom. The standard InChI is InChI=1S/C11H12N2O2S.C10H10OS.CH4N2O2/c1-7(13(15)11(12)14)10-6-8-4-2-3-5-9(8)16-10;1-7(11)10-6-8-4-2-3-5-9(8)12-10;2-1(4)3-5/h2-7,15H,1H3,(H2,12,14);2-7,11H,1H3;5H,(H3,2,3,4). The van der Waals surface area contributed by atoms with Crippen molar-refractivity contribution in [3.63, 3.8) is 0 Å². The molecule has 0 aliphatic rings. The molecular formula is C22H26N4O5S2. The summed E-state index contributed by atoms with van der Waals surface area (Å²) in [6.45, 7) is 3.53. The first kappa shape index (κ1) is 26.0. The molecule has 4 aromatic rings. The van der Waals surface area contributed by atoms with Crippen LogP contribution in [0.15, 0.2) is 60.7 Å². The fourth-order valence-electron chi connectivity index (χ4n) is 2.73. The maximum atomic E-state index is 10.8. The number of thiophene rings is 2. The average Bonchev–Trinajstić information content (AvgIpc) is 3.43. The smallest absolute Gasteiger partial charge is 0.339 e. The third-order valence-electron chi connectivity index (χ3n) is 4.42. The molecule has 0 saturated heterocycles. The minimum atomic E-state index is -0.940. The Labute approximate surface area is 198 Å². The van der Waals surface area contributed by atoms with Gasteiger partial charge in [-0.15, -0.1) is 22.7 Å². The number of benzene rings is 2. The van der Waals surface area contributed by atoms with E-state index in [0.29, 0.717) is 5.06 Å². The third-order valence-corrected chi connectivity index (χ3v) is 6.99. The summed E-state index contributed by atoms with van der Waals surface area (Å²) in [6, 6.07) is 17.9. The number of rotatable bonds is 3. The minimum Gasteiger partial charge on any atom is -0.388 e. The third kappa shape index (κ3) is 7.41. The van der Waals surface area contributed by atoms with E-state index in [0.717, 1.165) is 19.8 Å². The van der Waals surface area contributed by atoms with E-state index in [-0.39, 0.29) is 6.10 Å². The summed E-state index contributed by atoms with van der Waals surface area (Å²) in [6.07, 6.45) is -0.345. The zero-order valence-corrected chi connectivity index (χ0v) is 19.6. The predicted molar refractivity (Wildman–Crippen MR) is 130 cm³/mol. The van der Waals surface area contributed by atoms with E-state index in [1.165, 1.54) is 15.6 Å². The summed E-state index contributed by atoms with van der Waals surface area (Å²) in [7, 11) is 0. The Morgan fingerprint density at radius 1 is 0.909 bits per heavy atom. The van der Waals surface area contributed by atoms with Crippen molar-refractivity contribution in [2.75, 3.05) is 0 Å². The van der Waals surface area contributed by atoms with Crippen LogP contribution < -0.4 is 16.9 Å². The number of urea groups is 2. The van der Waals surface area contributed by atoms with Crippen LogP contribution in [0, 0.1) is 0 Å². The van der Waals surface area contributed by atoms with Crippen LogP contribution >= 0.6 is 22.7 Å². The van der Waals surface area contributed by atoms with Gasteiger partial charge in [-0.1, -0.05) is 36.4 Å². The van der Waals surface area contributed by atoms with Gasteiger partial charge < -0.3 is 16.6 Å². The Bertz CT molecular complexity index is 1140. The largest absolute Gasteiger partial charge is 0.388 e. The molecule has 0 bridgehead atoms. The maximum absolute atomic E-state index is 10.8. The number of amides is 4. The molecule has 2 aromatic carbocycles. The number of aliphatic hydroxyl groups is 1. The molecule has 9 nitrogen and oxygen atoms in total. The van der Waals surface area contributed by atoms with Crippen molar-refractivity contribution in [3.05, 3.63) is 70.4 Å². The highest BCUT2D eigenvalue weighted by molar-refractivity contribution is 7.19. The van der Waals surface area contributed by atoms with Gasteiger partial charge in [0, 0.05) is 19.2 Å². The lowest BCUT2D eigenvalue weighted by Gasteiger charge is -2.18. The number of carbonyl (C=O) groups is 2. The number of hydrogen-bond acceptors (Lipinski definition) is 7. The van der Waals surface area contributed by atoms with E-state index in [1.807, 2.05) is 48.5 Å². The molecule has 0 aliphatic carbocycles. The number of fused-ring (bicyclic) bond motifs is 2. The lowest BCUT2D eigenvalue weighted by molar-refractivity contribution is -0.0700. The Kier molecular flexibility index (Phi) is 9.57. The molecule has 0 fully saturated rings. The van der Waals surface area contributed by atoms with Gasteiger partial charge in [-0.25, -0.2) is 15.1 Å². The summed E-state index contributed by atoms with van der Waals surface area (Å²) in [5, 5.41) is 29.1. The van der Waals surface area contributed by atoms with E-state index >= 15 is 0 Å². The molecule has 0 radical (unpaired) electrons. The normalized spacial score (nSPS) is 12.0. The summed E-state index contributed by atoms with van der Waals surface area (Å²) in [5.41, 5.74) is 10.5. The van der Waals surface area contributed by atoms with E-state index < -0.39 is 18.1 Å². The molecule has 0 aliphatic heterocycles. The summed E-state index contributed by atoms with van der Waals surface area (Å²) in [5.74, 6) is 0. The Morgan fingerprint density at radius 2 is 1.33 bits per heavy atom. The molecule has 0 saturated carbocycles. The first-order valence-electron chi connectivity index (χ1n) is 9.76. The average molecular weight is 491 g/mol. The van der Waals surface area contributed by atoms with Crippen LogP contribution in [0.4, 0.5) is 9.59 Å². The van der Waals surface area contributed by atoms with Gasteiger partial charge >= 0.3 is 12.1 Å². The van der Waals surface area contributed by atoms with Crippen molar-refractivity contribution >= 4 is 54.9 Å². The quantitative estimate of drug-likeness (QED) is 0.180. The summed E-state index contributed by atoms with van der Waals surface area (Å²) < 4.78 is 2.37. The van der Waals surface area contributed by atoms with Gasteiger partial charge in [0.2, 0.25) is 0 Å². The van der Waals surface area contributed by atoms with Gasteiger partial charge in [-0.05, 0) is 48.9 Å². The second-order valence-electron chi connectivity index (χ2n) is 6.88. The lowest BCUT2D eigenvalue weighted by Crippen LogP contribution is -2.34. The van der Waals surface area contributed by atoms with Crippen LogP contribution in [0.3, 0.4) is 0 Å². The number of carbonyl (C=O) groups excluding carboxylic acids is 2. The number of nitrogens with zero attached hydrogens (tertiary/aromatic N) is 1. The number of aliphatic hydroxyl groups excluding tert-OH is 1. The van der Waals surface area contributed by atoms with Crippen molar-refractivity contribution < 1.29 is 25.1 Å². The van der Waals surface area contributed by atoms with Gasteiger partial charge in [0.25, 0.3) is 0 Å². The number of nitrogens with one attached hydrogen (secondary N) is 1. The lowest BCUT2D eigenvalue weighted by atomic mass is 10.2. The predicted octanol–water partition coefficient (Wildman–Crippen LogP) is 4.73. The van der Waals surface area contributed by atoms with Crippen LogP contribution in [0.5, 0.6) is 0 Å². The van der Waals surface area contributed by atoms with Crippen molar-refractivity contribution in [1.82, 2.24) is 10.5 Å². The summed E-state index contributed by atoms with van der Waals surface area (Å²) in [4.78, 5) is 22.0. The zero-order chi connectivity index (χ0) is 24.5. The molecule has 4 rings (SSSR count). The maximum Gasteiger partial charge on any atom is 0.339 e. The van der Waals surface area contributed by atoms with Crippen molar-refractivity contribution in [3.8, 4) is 0 Å². The number of primary amides is 2. The topological polar surface area (TPSA) is 162 Å². The van der Waals surface area contributed by atoms with Gasteiger partial charge in [-0.3, -0.25) is 10.4 Å². The van der Waals surface area contributed by atoms with Crippen LogP contribution in [0.2, 0.25) is 0 Å². The molecule has 8 N–H and O–H groups in total. The van der Waals surface area contributed by atoms with E-state index in [1.54, 1.807) is 36.5 Å². The van der Waals surface area contributed by atoms with Gasteiger partial charge in [0.15, 0.2) is 0 Å². The molecule has 176 valence electrons. The highest BCUT2D eigenvalue weighted by Gasteiger charge is 2.19. The van der Waals surface area contributed by atoms with Gasteiger partial charge in [-0.2, -0.15) is 5.06 Å². The molecular weight excluding hydrogens is 464 g/mol. The van der Waals surface area contributed by atoms with Gasteiger partial charge in [0.1, 0.15) is 0 Å². The monoisotopic (exact) mass is 490 g/mol. The van der Waals surface area contributed by atoms with Crippen molar-refractivity contribution in [2.45, 2.75) is 26.0 Å². The second kappa shape index (κ2) is 12.1. The molecule has 2 aromatic heterocycles. The number of hydrogen-bond donors (Lipinski definition) is 6. The summed E-state index contributed by atoms with van der Waals surface area (Å²) >= 11 is 3.20. The number of nitrogens with two attached hydrogens (primary N) is 2. The van der Waals surface area contributed by atoms with E-state index in [2.05, 4.69) is 17.9 Å². The highest BCUT2D eigenvalue weighted by atomic mass is 32.1. The molecule has 11 heteroatoms. The van der Waals surface area contributed by atoms with E-state index in [9.17, 15) is 19.9 Å². The zero-order valence-electron chi connectivity index (χ0n) is 18.0. The van der Waals surface area contributed by atoms with Gasteiger partial charge in [0.05, 0.1) is 12.1 Å². The fraction of sp³-hybridized carbons (Fsp3) is 0.182. The van der Waals surface area contributed by atoms with Crippen LogP contribution in [-0.2, 0) is 0 Å². The molecule has 2 heterocycles. The Balaban J connectivity index is 0.000000200. The molecule has 4 amide bonds. The minimum absolute atomic E-state index is 0.345. The van der Waals surface area contributed by atoms with Crippen molar-refractivity contribution in [1.29, 1.82) is 0 Å². The molecule has 0 spiro atoms. The molecule has 2 atom stereocenters. The fourth-order valence-corrected chi connectivity index (χ4v) is 4.83. The highest BCUT2D eigenvalue weighted by Crippen LogP contribution is 2.32. The first-order chi connectivity index (χ1) is 15.6. The SMILES string of the molecule is CC(O)c1cc2ccccc2s1.CC(c1cc2ccccc2s1)N(O)C(N)=O.NC(=O)NO. The second-order valence-corrected chi connectivity index (χ2v) is 9.11. The molecule has 2 unspecified atom stereocenters. The van der Waals surface area contributed by atoms with E-state index in [4.69, 9.17) is 10.9 Å². The van der Waals surface area contributed by atoms with Crippen LogP contribution in [0.25, 0.3) is 20.2 Å². The van der Waals surface area contributed by atoms with Crippen LogP contribution in [-0.4, -0.2) is 32.6 Å². The first-order valence-corrected chi connectivity index (χ1v) is 11.4. The Hall–Kier alpha value is -3.22. The van der Waals surface area contributed by atoms with Crippen LogP contribution in [0.1, 0.15) is 35.7 Å². The van der Waals surface area contributed by atoms with Crippen molar-refractivity contribution in [2.24, 2.45) is 11.5 Å².